The number of nitro groups is 2. The van der Waals surface area contributed by atoms with Gasteiger partial charge in [0.2, 0.25) is 0 Å². The van der Waals surface area contributed by atoms with Crippen LogP contribution in [0, 0.1) is 27.2 Å². The van der Waals surface area contributed by atoms with Crippen molar-refractivity contribution in [3.63, 3.8) is 0 Å². The van der Waals surface area contributed by atoms with Crippen LogP contribution >= 0.6 is 0 Å². The van der Waals surface area contributed by atoms with Gasteiger partial charge >= 0.3 is 5.66 Å². The predicted octanol–water partition coefficient (Wildman–Crippen LogP) is 1.04. The van der Waals surface area contributed by atoms with Crippen molar-refractivity contribution in [3.8, 4) is 0 Å². The average molecular weight is 173 g/mol. The zero-order valence-corrected chi connectivity index (χ0v) is 6.43. The first-order valence-electron chi connectivity index (χ1n) is 3.20. The van der Waals surface area contributed by atoms with Crippen molar-refractivity contribution in [3.05, 3.63) is 39.8 Å². The van der Waals surface area contributed by atoms with Crippen LogP contribution in [0.5, 0.6) is 0 Å². The Balaban J connectivity index is 4.50. The Morgan fingerprint density at radius 1 is 1.33 bits per heavy atom. The maximum atomic E-state index is 10.2. The van der Waals surface area contributed by atoms with Gasteiger partial charge in [0.1, 0.15) is 6.92 Å². The summed E-state index contributed by atoms with van der Waals surface area (Å²) in [6, 6.07) is 0. The van der Waals surface area contributed by atoms with Crippen LogP contribution in [-0.2, 0) is 0 Å². The molecule has 12 heavy (non-hydrogen) atoms. The SMILES string of the molecule is [CH2]C(CCC=C)([N+](=O)[O-])[N+](=O)[O-]. The Kier molecular flexibility index (Phi) is 3.33. The molecule has 6 nitrogen and oxygen atoms in total. The van der Waals surface area contributed by atoms with Gasteiger partial charge in [0, 0.05) is 0 Å². The molecule has 1 radical (unpaired) electrons. The lowest BCUT2D eigenvalue weighted by molar-refractivity contribution is -0.783. The summed E-state index contributed by atoms with van der Waals surface area (Å²) in [6.07, 6.45) is 1.34. The van der Waals surface area contributed by atoms with E-state index in [0.29, 0.717) is 0 Å². The minimum Gasteiger partial charge on any atom is -0.258 e. The number of hydrogen-bond acceptors (Lipinski definition) is 4. The minimum atomic E-state index is -2.33. The van der Waals surface area contributed by atoms with Gasteiger partial charge in [-0.15, -0.1) is 6.58 Å². The molecule has 0 spiro atoms. The molecule has 0 rings (SSSR count). The first-order chi connectivity index (χ1) is 5.45. The monoisotopic (exact) mass is 173 g/mol. The van der Waals surface area contributed by atoms with Gasteiger partial charge < -0.3 is 0 Å². The molecule has 0 aromatic heterocycles. The van der Waals surface area contributed by atoms with E-state index in [4.69, 9.17) is 0 Å². The third-order valence-corrected chi connectivity index (χ3v) is 1.43. The molecular formula is C6H9N2O4. The van der Waals surface area contributed by atoms with Crippen molar-refractivity contribution in [2.75, 3.05) is 0 Å². The summed E-state index contributed by atoms with van der Waals surface area (Å²) in [5.41, 5.74) is -2.33. The van der Waals surface area contributed by atoms with Gasteiger partial charge in [-0.05, 0) is 6.42 Å². The molecule has 0 atom stereocenters. The molecule has 0 saturated heterocycles. The maximum absolute atomic E-state index is 10.2. The van der Waals surface area contributed by atoms with Crippen molar-refractivity contribution in [1.29, 1.82) is 0 Å². The Labute approximate surface area is 69.2 Å². The lowest BCUT2D eigenvalue weighted by Gasteiger charge is -2.10. The van der Waals surface area contributed by atoms with Gasteiger partial charge in [0.15, 0.2) is 0 Å². The number of allylic oxidation sites excluding steroid dienone is 1. The highest BCUT2D eigenvalue weighted by atomic mass is 16.7. The summed E-state index contributed by atoms with van der Waals surface area (Å²) in [5.74, 6) is 0. The molecule has 0 amide bonds. The van der Waals surface area contributed by atoms with Gasteiger partial charge in [-0.3, -0.25) is 20.2 Å². The smallest absolute Gasteiger partial charge is 0.258 e. The molecule has 0 heterocycles. The number of rotatable bonds is 5. The van der Waals surface area contributed by atoms with Crippen LogP contribution in [0.1, 0.15) is 12.8 Å². The van der Waals surface area contributed by atoms with E-state index >= 15 is 0 Å². The summed E-state index contributed by atoms with van der Waals surface area (Å²) >= 11 is 0. The fourth-order valence-electron chi connectivity index (χ4n) is 0.582. The number of nitrogens with zero attached hydrogens (tertiary/aromatic N) is 2. The van der Waals surface area contributed by atoms with Gasteiger partial charge in [0.25, 0.3) is 0 Å². The van der Waals surface area contributed by atoms with Crippen LogP contribution in [0.25, 0.3) is 0 Å². The highest BCUT2D eigenvalue weighted by molar-refractivity contribution is 4.76. The Morgan fingerprint density at radius 3 is 2.00 bits per heavy atom. The van der Waals surface area contributed by atoms with Gasteiger partial charge in [-0.1, -0.05) is 6.08 Å². The lowest BCUT2D eigenvalue weighted by atomic mass is 10.1. The molecule has 0 aliphatic carbocycles. The van der Waals surface area contributed by atoms with Crippen LogP contribution in [0.15, 0.2) is 12.7 Å². The van der Waals surface area contributed by atoms with Crippen LogP contribution in [-0.4, -0.2) is 15.5 Å². The normalized spacial score (nSPS) is 10.8. The fraction of sp³-hybridized carbons (Fsp3) is 0.500. The second-order valence-electron chi connectivity index (χ2n) is 2.32. The second-order valence-corrected chi connectivity index (χ2v) is 2.32. The summed E-state index contributed by atoms with van der Waals surface area (Å²) in [5, 5.41) is 20.5. The zero-order chi connectivity index (χ0) is 9.78. The third kappa shape index (κ3) is 2.01. The second kappa shape index (κ2) is 3.80. The quantitative estimate of drug-likeness (QED) is 0.269. The Hall–Kier alpha value is -1.46. The zero-order valence-electron chi connectivity index (χ0n) is 6.43. The van der Waals surface area contributed by atoms with E-state index < -0.39 is 15.5 Å². The Bertz CT molecular complexity index is 200. The molecule has 0 saturated carbocycles. The van der Waals surface area contributed by atoms with Crippen LogP contribution in [0.2, 0.25) is 0 Å². The topological polar surface area (TPSA) is 86.3 Å². The standard InChI is InChI=1S/C6H9N2O4/c1-3-4-5-6(2,7(9)10)8(11)12/h3H,1-2,4-5H2. The van der Waals surface area contributed by atoms with Crippen molar-refractivity contribution in [2.45, 2.75) is 18.5 Å². The number of hydrogen-bond donors (Lipinski definition) is 0. The van der Waals surface area contributed by atoms with E-state index in [0.717, 1.165) is 0 Å². The first-order valence-corrected chi connectivity index (χ1v) is 3.20. The average Bonchev–Trinajstić information content (AvgIpc) is 1.99. The molecule has 0 aromatic carbocycles. The van der Waals surface area contributed by atoms with E-state index in [1.165, 1.54) is 6.08 Å². The third-order valence-electron chi connectivity index (χ3n) is 1.43. The first kappa shape index (κ1) is 10.5. The Morgan fingerprint density at radius 2 is 1.75 bits per heavy atom. The van der Waals surface area contributed by atoms with E-state index in [9.17, 15) is 20.2 Å². The molecule has 0 fully saturated rings. The molecule has 0 bridgehead atoms. The van der Waals surface area contributed by atoms with E-state index in [-0.39, 0.29) is 12.8 Å². The maximum Gasteiger partial charge on any atom is 0.459 e. The largest absolute Gasteiger partial charge is 0.459 e. The highest BCUT2D eigenvalue weighted by Gasteiger charge is 2.49. The molecule has 0 N–H and O–H groups in total. The summed E-state index contributed by atoms with van der Waals surface area (Å²) in [4.78, 5) is 18.5. The van der Waals surface area contributed by atoms with Crippen LogP contribution < -0.4 is 0 Å². The van der Waals surface area contributed by atoms with Crippen LogP contribution in [0.4, 0.5) is 0 Å². The van der Waals surface area contributed by atoms with Crippen molar-refractivity contribution < 1.29 is 9.85 Å². The van der Waals surface area contributed by atoms with Crippen molar-refractivity contribution >= 4 is 0 Å². The van der Waals surface area contributed by atoms with E-state index in [1.54, 1.807) is 0 Å². The molecule has 0 aliphatic heterocycles. The molecule has 0 unspecified atom stereocenters. The van der Waals surface area contributed by atoms with Gasteiger partial charge in [0.05, 0.1) is 16.3 Å². The van der Waals surface area contributed by atoms with E-state index in [2.05, 4.69) is 13.5 Å². The molecule has 6 heteroatoms. The highest BCUT2D eigenvalue weighted by Crippen LogP contribution is 2.16. The minimum absolute atomic E-state index is 0.200. The van der Waals surface area contributed by atoms with Crippen molar-refractivity contribution in [2.24, 2.45) is 0 Å². The molecular weight excluding hydrogens is 164 g/mol. The van der Waals surface area contributed by atoms with Gasteiger partial charge in [-0.2, -0.15) is 0 Å². The summed E-state index contributed by atoms with van der Waals surface area (Å²) in [6.45, 7) is 6.27. The summed E-state index contributed by atoms with van der Waals surface area (Å²) < 4.78 is 0. The molecule has 0 aliphatic rings. The molecule has 67 valence electrons. The lowest BCUT2D eigenvalue weighted by Crippen LogP contribution is -2.43. The summed E-state index contributed by atoms with van der Waals surface area (Å²) in [7, 11) is 0. The van der Waals surface area contributed by atoms with Crippen molar-refractivity contribution in [1.82, 2.24) is 0 Å². The fourth-order valence-corrected chi connectivity index (χ4v) is 0.582. The molecule has 0 aromatic rings. The van der Waals surface area contributed by atoms with E-state index in [1.807, 2.05) is 0 Å². The predicted molar refractivity (Wildman–Crippen MR) is 41.5 cm³/mol. The van der Waals surface area contributed by atoms with Gasteiger partial charge in [-0.25, -0.2) is 0 Å². The van der Waals surface area contributed by atoms with Crippen LogP contribution in [0.3, 0.4) is 0 Å².